The molecule has 0 aliphatic rings. The van der Waals surface area contributed by atoms with Crippen LogP contribution in [0.4, 0.5) is 0 Å². The van der Waals surface area contributed by atoms with Crippen LogP contribution in [0.2, 0.25) is 0 Å². The molecule has 0 aromatic carbocycles. The molecular weight excluding hydrogens is 264 g/mol. The van der Waals surface area contributed by atoms with Crippen molar-refractivity contribution >= 4 is 18.3 Å². The van der Waals surface area contributed by atoms with Crippen molar-refractivity contribution < 1.29 is 4.79 Å². The maximum atomic E-state index is 11.6. The molecule has 19 heavy (non-hydrogen) atoms. The van der Waals surface area contributed by atoms with Gasteiger partial charge < -0.3 is 11.1 Å². The molecule has 0 saturated carbocycles. The highest BCUT2D eigenvalue weighted by molar-refractivity contribution is 5.85. The van der Waals surface area contributed by atoms with E-state index in [0.29, 0.717) is 13.0 Å². The van der Waals surface area contributed by atoms with E-state index in [9.17, 15) is 4.79 Å². The van der Waals surface area contributed by atoms with Gasteiger partial charge in [0.2, 0.25) is 5.91 Å². The molecule has 0 aliphatic carbocycles. The van der Waals surface area contributed by atoms with Gasteiger partial charge in [-0.15, -0.1) is 12.4 Å². The van der Waals surface area contributed by atoms with E-state index in [2.05, 4.69) is 24.3 Å². The first kappa shape index (κ1) is 17.9. The van der Waals surface area contributed by atoms with Gasteiger partial charge in [-0.3, -0.25) is 9.48 Å². The molecular formula is C13H25ClN4O. The summed E-state index contributed by atoms with van der Waals surface area (Å²) in [5.74, 6) is -0.00189. The Bertz CT molecular complexity index is 415. The van der Waals surface area contributed by atoms with E-state index in [1.807, 2.05) is 18.7 Å². The van der Waals surface area contributed by atoms with Crippen molar-refractivity contribution in [3.63, 3.8) is 0 Å². The summed E-state index contributed by atoms with van der Waals surface area (Å²) in [5, 5.41) is 7.40. The lowest BCUT2D eigenvalue weighted by atomic mass is 10.1. The standard InChI is InChI=1S/C13H24N4O.ClH/c1-5-11-10(12(6-2)17(4)16-11)8-15-13(18)7-9(3)14;/h9H,5-8,14H2,1-4H3,(H,15,18);1H. The van der Waals surface area contributed by atoms with Crippen LogP contribution in [0.15, 0.2) is 0 Å². The van der Waals surface area contributed by atoms with Crippen molar-refractivity contribution in [2.24, 2.45) is 12.8 Å². The van der Waals surface area contributed by atoms with Gasteiger partial charge in [-0.05, 0) is 19.8 Å². The number of carbonyl (C=O) groups is 1. The van der Waals surface area contributed by atoms with Crippen molar-refractivity contribution in [1.29, 1.82) is 0 Å². The van der Waals surface area contributed by atoms with Gasteiger partial charge >= 0.3 is 0 Å². The molecule has 0 spiro atoms. The van der Waals surface area contributed by atoms with E-state index < -0.39 is 0 Å². The number of hydrogen-bond acceptors (Lipinski definition) is 3. The fourth-order valence-electron chi connectivity index (χ4n) is 2.15. The Kier molecular flexibility index (Phi) is 7.71. The van der Waals surface area contributed by atoms with Crippen LogP contribution in [-0.2, 0) is 31.2 Å². The quantitative estimate of drug-likeness (QED) is 0.829. The van der Waals surface area contributed by atoms with Crippen molar-refractivity contribution in [2.75, 3.05) is 0 Å². The lowest BCUT2D eigenvalue weighted by Crippen LogP contribution is -2.29. The average Bonchev–Trinajstić information content (AvgIpc) is 2.61. The molecule has 0 fully saturated rings. The van der Waals surface area contributed by atoms with Crippen LogP contribution in [0.1, 0.15) is 44.1 Å². The Morgan fingerprint density at radius 3 is 2.53 bits per heavy atom. The van der Waals surface area contributed by atoms with Gasteiger partial charge in [0.05, 0.1) is 5.69 Å². The summed E-state index contributed by atoms with van der Waals surface area (Å²) in [6.07, 6.45) is 2.16. The average molecular weight is 289 g/mol. The van der Waals surface area contributed by atoms with Gasteiger partial charge in [-0.25, -0.2) is 0 Å². The molecule has 3 N–H and O–H groups in total. The highest BCUT2D eigenvalue weighted by Gasteiger charge is 2.14. The summed E-state index contributed by atoms with van der Waals surface area (Å²) >= 11 is 0. The minimum absolute atomic E-state index is 0. The summed E-state index contributed by atoms with van der Waals surface area (Å²) in [6.45, 7) is 6.56. The van der Waals surface area contributed by atoms with E-state index in [0.717, 1.165) is 24.1 Å². The predicted octanol–water partition coefficient (Wildman–Crippen LogP) is 1.32. The van der Waals surface area contributed by atoms with Crippen molar-refractivity contribution in [2.45, 2.75) is 52.6 Å². The highest BCUT2D eigenvalue weighted by Crippen LogP contribution is 2.15. The van der Waals surface area contributed by atoms with E-state index >= 15 is 0 Å². The van der Waals surface area contributed by atoms with Crippen LogP contribution in [0.25, 0.3) is 0 Å². The van der Waals surface area contributed by atoms with Crippen LogP contribution < -0.4 is 11.1 Å². The van der Waals surface area contributed by atoms with Gasteiger partial charge in [-0.2, -0.15) is 5.10 Å². The number of nitrogens with two attached hydrogens (primary N) is 1. The van der Waals surface area contributed by atoms with E-state index in [1.165, 1.54) is 5.69 Å². The Morgan fingerprint density at radius 2 is 2.05 bits per heavy atom. The zero-order valence-electron chi connectivity index (χ0n) is 12.2. The van der Waals surface area contributed by atoms with Crippen LogP contribution in [0.3, 0.4) is 0 Å². The minimum Gasteiger partial charge on any atom is -0.352 e. The summed E-state index contributed by atoms with van der Waals surface area (Å²) in [7, 11) is 1.95. The lowest BCUT2D eigenvalue weighted by molar-refractivity contribution is -0.121. The molecule has 0 aliphatic heterocycles. The van der Waals surface area contributed by atoms with Gasteiger partial charge in [-0.1, -0.05) is 13.8 Å². The first-order valence-electron chi connectivity index (χ1n) is 6.55. The first-order valence-corrected chi connectivity index (χ1v) is 6.55. The topological polar surface area (TPSA) is 72.9 Å². The third-order valence-electron chi connectivity index (χ3n) is 3.00. The second-order valence-electron chi connectivity index (χ2n) is 4.66. The fraction of sp³-hybridized carbons (Fsp3) is 0.692. The molecule has 1 aromatic rings. The van der Waals surface area contributed by atoms with Gasteiger partial charge in [0.1, 0.15) is 0 Å². The van der Waals surface area contributed by atoms with Crippen molar-refractivity contribution in [1.82, 2.24) is 15.1 Å². The Balaban J connectivity index is 0.00000324. The van der Waals surface area contributed by atoms with E-state index in [1.54, 1.807) is 0 Å². The number of nitrogens with one attached hydrogen (secondary N) is 1. The molecule has 6 heteroatoms. The maximum Gasteiger partial charge on any atom is 0.221 e. The summed E-state index contributed by atoms with van der Waals surface area (Å²) in [6, 6.07) is -0.102. The normalized spacial score (nSPS) is 11.8. The molecule has 1 aromatic heterocycles. The molecule has 1 atom stereocenters. The number of amides is 1. The summed E-state index contributed by atoms with van der Waals surface area (Å²) in [4.78, 5) is 11.6. The third kappa shape index (κ3) is 4.84. The molecule has 1 rings (SSSR count). The number of aromatic nitrogens is 2. The second-order valence-corrected chi connectivity index (χ2v) is 4.66. The zero-order chi connectivity index (χ0) is 13.7. The molecule has 5 nitrogen and oxygen atoms in total. The van der Waals surface area contributed by atoms with Crippen LogP contribution in [0.5, 0.6) is 0 Å². The SMILES string of the molecule is CCc1nn(C)c(CC)c1CNC(=O)CC(C)N.Cl. The van der Waals surface area contributed by atoms with Gasteiger partial charge in [0, 0.05) is 37.3 Å². The minimum atomic E-state index is -0.102. The maximum absolute atomic E-state index is 11.6. The molecule has 1 unspecified atom stereocenters. The Labute approximate surface area is 121 Å². The number of nitrogens with zero attached hydrogens (tertiary/aromatic N) is 2. The number of halogens is 1. The van der Waals surface area contributed by atoms with E-state index in [4.69, 9.17) is 5.73 Å². The Hall–Kier alpha value is -1.07. The highest BCUT2D eigenvalue weighted by atomic mass is 35.5. The number of carbonyl (C=O) groups excluding carboxylic acids is 1. The number of rotatable bonds is 6. The van der Waals surface area contributed by atoms with Crippen LogP contribution in [0, 0.1) is 0 Å². The van der Waals surface area contributed by atoms with Crippen LogP contribution >= 0.6 is 12.4 Å². The van der Waals surface area contributed by atoms with Crippen molar-refractivity contribution in [3.05, 3.63) is 17.0 Å². The third-order valence-corrected chi connectivity index (χ3v) is 3.00. The summed E-state index contributed by atoms with van der Waals surface area (Å²) < 4.78 is 1.91. The summed E-state index contributed by atoms with van der Waals surface area (Å²) in [5.41, 5.74) is 9.01. The molecule has 0 saturated heterocycles. The monoisotopic (exact) mass is 288 g/mol. The van der Waals surface area contributed by atoms with Gasteiger partial charge in [0.25, 0.3) is 0 Å². The second kappa shape index (κ2) is 8.17. The zero-order valence-corrected chi connectivity index (χ0v) is 13.0. The van der Waals surface area contributed by atoms with E-state index in [-0.39, 0.29) is 24.4 Å². The molecule has 1 amide bonds. The van der Waals surface area contributed by atoms with Crippen molar-refractivity contribution in [3.8, 4) is 0 Å². The number of aryl methyl sites for hydroxylation is 2. The molecule has 0 radical (unpaired) electrons. The largest absolute Gasteiger partial charge is 0.352 e. The first-order chi connectivity index (χ1) is 8.49. The smallest absolute Gasteiger partial charge is 0.221 e. The fourth-order valence-corrected chi connectivity index (χ4v) is 2.15. The predicted molar refractivity (Wildman–Crippen MR) is 79.3 cm³/mol. The molecule has 110 valence electrons. The Morgan fingerprint density at radius 1 is 1.42 bits per heavy atom. The van der Waals surface area contributed by atoms with Gasteiger partial charge in [0.15, 0.2) is 0 Å². The molecule has 1 heterocycles. The van der Waals surface area contributed by atoms with Crippen LogP contribution in [-0.4, -0.2) is 21.7 Å². The number of hydrogen-bond donors (Lipinski definition) is 2. The molecule has 0 bridgehead atoms. The lowest BCUT2D eigenvalue weighted by Gasteiger charge is -2.09.